The van der Waals surface area contributed by atoms with E-state index in [0.717, 1.165) is 36.4 Å². The lowest BCUT2D eigenvalue weighted by atomic mass is 10.1. The molecule has 2 heterocycles. The lowest BCUT2D eigenvalue weighted by Gasteiger charge is -2.32. The number of benzene rings is 1. The van der Waals surface area contributed by atoms with E-state index in [-0.39, 0.29) is 5.91 Å². The summed E-state index contributed by atoms with van der Waals surface area (Å²) >= 11 is 0. The molecule has 0 aliphatic carbocycles. The van der Waals surface area contributed by atoms with E-state index in [2.05, 4.69) is 22.3 Å². The van der Waals surface area contributed by atoms with Gasteiger partial charge in [-0.1, -0.05) is 0 Å². The smallest absolute Gasteiger partial charge is 0.253 e. The molecule has 2 aromatic rings. The average molecular weight is 285 g/mol. The minimum absolute atomic E-state index is 0.0941. The molecule has 21 heavy (non-hydrogen) atoms. The fourth-order valence-corrected chi connectivity index (χ4v) is 2.68. The molecule has 1 aliphatic heterocycles. The zero-order valence-corrected chi connectivity index (χ0v) is 12.3. The third-order valence-corrected chi connectivity index (χ3v) is 3.77. The molecule has 1 unspecified atom stereocenters. The highest BCUT2D eigenvalue weighted by Gasteiger charge is 2.22. The number of carbonyl (C=O) groups excluding carboxylic acids is 1. The van der Waals surface area contributed by atoms with Gasteiger partial charge in [-0.15, -0.1) is 0 Å². The van der Waals surface area contributed by atoms with Gasteiger partial charge in [0.25, 0.3) is 5.91 Å². The standard InChI is InChI=1S/C15H19N5O/c1-11-7-13(3-4-14(11)20-10-16-9-18-20)15(21)19-6-5-17-12(2)8-19/h3-4,7,9-10,12,17H,5-6,8H2,1-2H3. The van der Waals surface area contributed by atoms with Crippen molar-refractivity contribution in [2.75, 3.05) is 19.6 Å². The maximum absolute atomic E-state index is 12.6. The number of piperazine rings is 1. The topological polar surface area (TPSA) is 63.1 Å². The van der Waals surface area contributed by atoms with Crippen LogP contribution in [0.2, 0.25) is 0 Å². The SMILES string of the molecule is Cc1cc(C(=O)N2CCNC(C)C2)ccc1-n1cncn1. The van der Waals surface area contributed by atoms with Crippen LogP contribution in [0.5, 0.6) is 0 Å². The van der Waals surface area contributed by atoms with Gasteiger partial charge < -0.3 is 10.2 Å². The third-order valence-electron chi connectivity index (χ3n) is 3.77. The first-order chi connectivity index (χ1) is 10.1. The van der Waals surface area contributed by atoms with Crippen molar-refractivity contribution in [2.24, 2.45) is 0 Å². The number of rotatable bonds is 2. The summed E-state index contributed by atoms with van der Waals surface area (Å²) in [5, 5.41) is 7.47. The molecule has 0 radical (unpaired) electrons. The number of hydrogen-bond donors (Lipinski definition) is 1. The van der Waals surface area contributed by atoms with Crippen molar-refractivity contribution in [3.8, 4) is 5.69 Å². The first kappa shape index (κ1) is 13.8. The van der Waals surface area contributed by atoms with E-state index in [1.54, 1.807) is 11.0 Å². The van der Waals surface area contributed by atoms with E-state index in [1.165, 1.54) is 6.33 Å². The Balaban J connectivity index is 1.83. The number of aromatic nitrogens is 3. The first-order valence-corrected chi connectivity index (χ1v) is 7.13. The Kier molecular flexibility index (Phi) is 3.70. The maximum Gasteiger partial charge on any atom is 0.253 e. The van der Waals surface area contributed by atoms with Crippen molar-refractivity contribution in [1.82, 2.24) is 25.0 Å². The monoisotopic (exact) mass is 285 g/mol. The Morgan fingerprint density at radius 2 is 2.29 bits per heavy atom. The Labute approximate surface area is 123 Å². The molecule has 1 aromatic heterocycles. The maximum atomic E-state index is 12.6. The fourth-order valence-electron chi connectivity index (χ4n) is 2.68. The molecule has 1 aliphatic rings. The van der Waals surface area contributed by atoms with Gasteiger partial charge in [-0.3, -0.25) is 4.79 Å². The van der Waals surface area contributed by atoms with Crippen LogP contribution in [-0.2, 0) is 0 Å². The predicted octanol–water partition coefficient (Wildman–Crippen LogP) is 1.01. The number of aryl methyl sites for hydroxylation is 1. The summed E-state index contributed by atoms with van der Waals surface area (Å²) in [5.74, 6) is 0.0941. The molecule has 0 saturated carbocycles. The van der Waals surface area contributed by atoms with Crippen LogP contribution < -0.4 is 5.32 Å². The number of carbonyl (C=O) groups is 1. The Morgan fingerprint density at radius 3 is 2.95 bits per heavy atom. The summed E-state index contributed by atoms with van der Waals surface area (Å²) in [6.45, 7) is 6.44. The molecule has 1 aromatic carbocycles. The second-order valence-electron chi connectivity index (χ2n) is 5.45. The van der Waals surface area contributed by atoms with Crippen molar-refractivity contribution in [1.29, 1.82) is 0 Å². The van der Waals surface area contributed by atoms with E-state index >= 15 is 0 Å². The molecule has 6 heteroatoms. The quantitative estimate of drug-likeness (QED) is 0.894. The van der Waals surface area contributed by atoms with Gasteiger partial charge in [0.05, 0.1) is 5.69 Å². The van der Waals surface area contributed by atoms with E-state index in [1.807, 2.05) is 30.0 Å². The molecular weight excluding hydrogens is 266 g/mol. The van der Waals surface area contributed by atoms with Crippen LogP contribution in [0.4, 0.5) is 0 Å². The van der Waals surface area contributed by atoms with E-state index in [0.29, 0.717) is 6.04 Å². The molecule has 6 nitrogen and oxygen atoms in total. The van der Waals surface area contributed by atoms with Crippen molar-refractivity contribution in [3.63, 3.8) is 0 Å². The van der Waals surface area contributed by atoms with Gasteiger partial charge in [-0.2, -0.15) is 5.10 Å². The molecule has 1 atom stereocenters. The van der Waals surface area contributed by atoms with Crippen LogP contribution in [0, 0.1) is 6.92 Å². The average Bonchev–Trinajstić information content (AvgIpc) is 3.00. The van der Waals surface area contributed by atoms with Gasteiger partial charge in [0, 0.05) is 31.2 Å². The van der Waals surface area contributed by atoms with Crippen molar-refractivity contribution < 1.29 is 4.79 Å². The summed E-state index contributed by atoms with van der Waals surface area (Å²) in [4.78, 5) is 18.4. The van der Waals surface area contributed by atoms with Gasteiger partial charge in [0.1, 0.15) is 12.7 Å². The number of nitrogens with one attached hydrogen (secondary N) is 1. The van der Waals surface area contributed by atoms with Gasteiger partial charge >= 0.3 is 0 Å². The van der Waals surface area contributed by atoms with Crippen LogP contribution >= 0.6 is 0 Å². The molecule has 1 fully saturated rings. The second-order valence-corrected chi connectivity index (χ2v) is 5.45. The van der Waals surface area contributed by atoms with Gasteiger partial charge in [-0.05, 0) is 37.6 Å². The highest BCUT2D eigenvalue weighted by Crippen LogP contribution is 2.16. The van der Waals surface area contributed by atoms with Crippen LogP contribution in [0.3, 0.4) is 0 Å². The first-order valence-electron chi connectivity index (χ1n) is 7.13. The van der Waals surface area contributed by atoms with E-state index < -0.39 is 0 Å². The van der Waals surface area contributed by atoms with E-state index in [9.17, 15) is 4.79 Å². The molecule has 1 amide bonds. The normalized spacial score (nSPS) is 18.8. The molecule has 110 valence electrons. The second kappa shape index (κ2) is 5.65. The van der Waals surface area contributed by atoms with Gasteiger partial charge in [0.2, 0.25) is 0 Å². The summed E-state index contributed by atoms with van der Waals surface area (Å²) in [6.07, 6.45) is 3.16. The van der Waals surface area contributed by atoms with Gasteiger partial charge in [-0.25, -0.2) is 9.67 Å². The van der Waals surface area contributed by atoms with Crippen LogP contribution in [-0.4, -0.2) is 51.2 Å². The summed E-state index contributed by atoms with van der Waals surface area (Å²) in [7, 11) is 0. The minimum atomic E-state index is 0.0941. The van der Waals surface area contributed by atoms with Crippen LogP contribution in [0.1, 0.15) is 22.8 Å². The number of nitrogens with zero attached hydrogens (tertiary/aromatic N) is 4. The highest BCUT2D eigenvalue weighted by atomic mass is 16.2. The third kappa shape index (κ3) is 2.80. The largest absolute Gasteiger partial charge is 0.336 e. The Bertz CT molecular complexity index is 638. The fraction of sp³-hybridized carbons (Fsp3) is 0.400. The molecule has 1 saturated heterocycles. The van der Waals surface area contributed by atoms with Crippen molar-refractivity contribution >= 4 is 5.91 Å². The van der Waals surface area contributed by atoms with Crippen LogP contribution in [0.25, 0.3) is 5.69 Å². The molecular formula is C15H19N5O. The zero-order valence-electron chi connectivity index (χ0n) is 12.3. The zero-order chi connectivity index (χ0) is 14.8. The molecule has 1 N–H and O–H groups in total. The Hall–Kier alpha value is -2.21. The Morgan fingerprint density at radius 1 is 1.43 bits per heavy atom. The summed E-state index contributed by atoms with van der Waals surface area (Å²) in [6, 6.07) is 6.05. The molecule has 0 spiro atoms. The lowest BCUT2D eigenvalue weighted by Crippen LogP contribution is -2.51. The minimum Gasteiger partial charge on any atom is -0.336 e. The molecule has 3 rings (SSSR count). The van der Waals surface area contributed by atoms with Crippen molar-refractivity contribution in [2.45, 2.75) is 19.9 Å². The van der Waals surface area contributed by atoms with E-state index in [4.69, 9.17) is 0 Å². The number of amides is 1. The van der Waals surface area contributed by atoms with Gasteiger partial charge in [0.15, 0.2) is 0 Å². The molecule has 0 bridgehead atoms. The van der Waals surface area contributed by atoms with Crippen molar-refractivity contribution in [3.05, 3.63) is 42.0 Å². The number of hydrogen-bond acceptors (Lipinski definition) is 4. The highest BCUT2D eigenvalue weighted by molar-refractivity contribution is 5.94. The lowest BCUT2D eigenvalue weighted by molar-refractivity contribution is 0.0709. The van der Waals surface area contributed by atoms with Crippen LogP contribution in [0.15, 0.2) is 30.9 Å². The summed E-state index contributed by atoms with van der Waals surface area (Å²) < 4.78 is 1.70. The summed E-state index contributed by atoms with van der Waals surface area (Å²) in [5.41, 5.74) is 2.68. The predicted molar refractivity (Wildman–Crippen MR) is 79.5 cm³/mol.